The number of alkyl halides is 3. The van der Waals surface area contributed by atoms with Crippen LogP contribution in [0.2, 0.25) is 0 Å². The summed E-state index contributed by atoms with van der Waals surface area (Å²) in [7, 11) is 0. The number of carbonyl (C=O) groups is 1. The molecule has 10 heteroatoms. The topological polar surface area (TPSA) is 68.8 Å². The van der Waals surface area contributed by atoms with E-state index in [9.17, 15) is 18.0 Å². The minimum atomic E-state index is -4.74. The Kier molecular flexibility index (Phi) is 5.64. The smallest absolute Gasteiger partial charge is 0.486 e. The van der Waals surface area contributed by atoms with Gasteiger partial charge >= 0.3 is 6.36 Å². The first-order valence-electron chi connectivity index (χ1n) is 7.79. The Hall–Kier alpha value is -2.62. The molecule has 0 saturated heterocycles. The molecule has 2 N–H and O–H groups in total. The van der Waals surface area contributed by atoms with Crippen molar-refractivity contribution in [2.45, 2.75) is 6.36 Å². The Bertz CT molecular complexity index is 828. The van der Waals surface area contributed by atoms with Crippen LogP contribution >= 0.6 is 15.9 Å². The molecule has 1 heterocycles. The molecule has 0 fully saturated rings. The molecule has 3 rings (SSSR count). The van der Waals surface area contributed by atoms with Gasteiger partial charge < -0.3 is 24.8 Å². The highest BCUT2D eigenvalue weighted by molar-refractivity contribution is 9.10. The summed E-state index contributed by atoms with van der Waals surface area (Å²) >= 11 is 3.36. The Balaban J connectivity index is 1.55. The molecule has 2 aromatic carbocycles. The predicted molar refractivity (Wildman–Crippen MR) is 95.4 cm³/mol. The minimum Gasteiger partial charge on any atom is -0.486 e. The monoisotopic (exact) mass is 446 g/mol. The van der Waals surface area contributed by atoms with Crippen molar-refractivity contribution < 1.29 is 32.2 Å². The zero-order chi connectivity index (χ0) is 19.4. The van der Waals surface area contributed by atoms with E-state index in [1.54, 1.807) is 12.1 Å². The third-order valence-electron chi connectivity index (χ3n) is 3.45. The molecule has 6 nitrogen and oxygen atoms in total. The Labute approximate surface area is 160 Å². The third kappa shape index (κ3) is 5.43. The number of amides is 1. The van der Waals surface area contributed by atoms with E-state index >= 15 is 0 Å². The summed E-state index contributed by atoms with van der Waals surface area (Å²) in [5.41, 5.74) is 0.987. The van der Waals surface area contributed by atoms with Crippen molar-refractivity contribution in [2.75, 3.05) is 30.4 Å². The van der Waals surface area contributed by atoms with Gasteiger partial charge in [0, 0.05) is 22.3 Å². The number of halogens is 4. The Morgan fingerprint density at radius 2 is 1.74 bits per heavy atom. The molecule has 1 aliphatic heterocycles. The van der Waals surface area contributed by atoms with Gasteiger partial charge in [-0.25, -0.2) is 0 Å². The lowest BCUT2D eigenvalue weighted by atomic mass is 10.2. The van der Waals surface area contributed by atoms with Gasteiger partial charge in [-0.15, -0.1) is 13.2 Å². The number of fused-ring (bicyclic) bond motifs is 1. The fourth-order valence-corrected chi connectivity index (χ4v) is 2.73. The molecule has 0 unspecified atom stereocenters. The van der Waals surface area contributed by atoms with E-state index in [0.717, 1.165) is 12.1 Å². The number of rotatable bonds is 5. The standard InChI is InChI=1S/C17H14BrF3N2O4/c18-12-7-14-15(26-6-5-25-14)8-13(12)23-16(24)9-22-10-1-3-11(4-2-10)27-17(19,20)21/h1-4,7-8,22H,5-6,9H2,(H,23,24). The summed E-state index contributed by atoms with van der Waals surface area (Å²) in [6, 6.07) is 8.44. The van der Waals surface area contributed by atoms with Crippen molar-refractivity contribution in [3.63, 3.8) is 0 Å². The lowest BCUT2D eigenvalue weighted by Crippen LogP contribution is -2.22. The first kappa shape index (κ1) is 19.2. The lowest BCUT2D eigenvalue weighted by molar-refractivity contribution is -0.274. The highest BCUT2D eigenvalue weighted by atomic mass is 79.9. The number of anilines is 2. The van der Waals surface area contributed by atoms with Gasteiger partial charge in [0.1, 0.15) is 19.0 Å². The molecule has 0 atom stereocenters. The van der Waals surface area contributed by atoms with Crippen LogP contribution in [0.1, 0.15) is 0 Å². The molecule has 1 amide bonds. The van der Waals surface area contributed by atoms with Crippen molar-refractivity contribution >= 4 is 33.2 Å². The molecular formula is C17H14BrF3N2O4. The molecule has 0 radical (unpaired) electrons. The van der Waals surface area contributed by atoms with Gasteiger partial charge in [-0.2, -0.15) is 0 Å². The first-order valence-corrected chi connectivity index (χ1v) is 8.58. The van der Waals surface area contributed by atoms with Crippen LogP contribution < -0.4 is 24.8 Å². The number of hydrogen-bond donors (Lipinski definition) is 2. The fraction of sp³-hybridized carbons (Fsp3) is 0.235. The van der Waals surface area contributed by atoms with Gasteiger partial charge in [0.25, 0.3) is 0 Å². The van der Waals surface area contributed by atoms with Crippen molar-refractivity contribution in [2.24, 2.45) is 0 Å². The van der Waals surface area contributed by atoms with E-state index in [2.05, 4.69) is 31.3 Å². The molecular weight excluding hydrogens is 433 g/mol. The summed E-state index contributed by atoms with van der Waals surface area (Å²) in [4.78, 5) is 12.1. The summed E-state index contributed by atoms with van der Waals surface area (Å²) in [5.74, 6) is 0.444. The maximum Gasteiger partial charge on any atom is 0.573 e. The third-order valence-corrected chi connectivity index (χ3v) is 4.10. The van der Waals surface area contributed by atoms with E-state index in [4.69, 9.17) is 9.47 Å². The molecule has 0 aliphatic carbocycles. The van der Waals surface area contributed by atoms with Crippen LogP contribution in [0.25, 0.3) is 0 Å². The van der Waals surface area contributed by atoms with Crippen LogP contribution in [0.5, 0.6) is 17.2 Å². The van der Waals surface area contributed by atoms with Crippen molar-refractivity contribution in [1.29, 1.82) is 0 Å². The molecule has 1 aliphatic rings. The van der Waals surface area contributed by atoms with Gasteiger partial charge in [-0.1, -0.05) is 0 Å². The number of hydrogen-bond acceptors (Lipinski definition) is 5. The molecule has 0 saturated carbocycles. The average molecular weight is 447 g/mol. The van der Waals surface area contributed by atoms with E-state index < -0.39 is 6.36 Å². The quantitative estimate of drug-likeness (QED) is 0.721. The van der Waals surface area contributed by atoms with Crippen LogP contribution in [0.3, 0.4) is 0 Å². The van der Waals surface area contributed by atoms with Crippen molar-refractivity contribution in [3.8, 4) is 17.2 Å². The van der Waals surface area contributed by atoms with E-state index in [1.165, 1.54) is 12.1 Å². The predicted octanol–water partition coefficient (Wildman–Crippen LogP) is 4.17. The lowest BCUT2D eigenvalue weighted by Gasteiger charge is -2.20. The van der Waals surface area contributed by atoms with Crippen LogP contribution in [0.4, 0.5) is 24.5 Å². The number of ether oxygens (including phenoxy) is 3. The molecule has 0 spiro atoms. The SMILES string of the molecule is O=C(CNc1ccc(OC(F)(F)F)cc1)Nc1cc2c(cc1Br)OCCO2. The highest BCUT2D eigenvalue weighted by Gasteiger charge is 2.30. The zero-order valence-electron chi connectivity index (χ0n) is 13.7. The second-order valence-corrected chi connectivity index (χ2v) is 6.30. The summed E-state index contributed by atoms with van der Waals surface area (Å²) in [6.45, 7) is 0.805. The summed E-state index contributed by atoms with van der Waals surface area (Å²) in [6.07, 6.45) is -4.74. The van der Waals surface area contributed by atoms with Crippen LogP contribution in [0.15, 0.2) is 40.9 Å². The van der Waals surface area contributed by atoms with E-state index in [0.29, 0.717) is 40.6 Å². The van der Waals surface area contributed by atoms with E-state index in [-0.39, 0.29) is 18.2 Å². The van der Waals surface area contributed by atoms with Crippen LogP contribution in [0, 0.1) is 0 Å². The summed E-state index contributed by atoms with van der Waals surface area (Å²) in [5, 5.41) is 5.53. The zero-order valence-corrected chi connectivity index (χ0v) is 15.3. The van der Waals surface area contributed by atoms with Gasteiger partial charge in [0.05, 0.1) is 12.2 Å². The first-order chi connectivity index (χ1) is 12.8. The normalized spacial score (nSPS) is 13.0. The second kappa shape index (κ2) is 7.95. The molecule has 2 aromatic rings. The molecule has 144 valence electrons. The number of benzene rings is 2. The van der Waals surface area contributed by atoms with Crippen molar-refractivity contribution in [1.82, 2.24) is 0 Å². The van der Waals surface area contributed by atoms with Gasteiger partial charge in [-0.3, -0.25) is 4.79 Å². The molecule has 0 bridgehead atoms. The van der Waals surface area contributed by atoms with Crippen molar-refractivity contribution in [3.05, 3.63) is 40.9 Å². The average Bonchev–Trinajstić information content (AvgIpc) is 2.60. The van der Waals surface area contributed by atoms with Gasteiger partial charge in [-0.05, 0) is 40.2 Å². The maximum atomic E-state index is 12.1. The Morgan fingerprint density at radius 3 is 2.37 bits per heavy atom. The van der Waals surface area contributed by atoms with Crippen LogP contribution in [-0.2, 0) is 4.79 Å². The Morgan fingerprint density at radius 1 is 1.11 bits per heavy atom. The van der Waals surface area contributed by atoms with Gasteiger partial charge in [0.2, 0.25) is 5.91 Å². The van der Waals surface area contributed by atoms with E-state index in [1.807, 2.05) is 0 Å². The molecule has 0 aromatic heterocycles. The highest BCUT2D eigenvalue weighted by Crippen LogP contribution is 2.38. The fourth-order valence-electron chi connectivity index (χ4n) is 2.31. The minimum absolute atomic E-state index is 0.0830. The number of nitrogens with one attached hydrogen (secondary N) is 2. The van der Waals surface area contributed by atoms with Gasteiger partial charge in [0.15, 0.2) is 11.5 Å². The molecule has 27 heavy (non-hydrogen) atoms. The largest absolute Gasteiger partial charge is 0.573 e. The summed E-state index contributed by atoms with van der Waals surface area (Å²) < 4.78 is 51.7. The van der Waals surface area contributed by atoms with Crippen LogP contribution in [-0.4, -0.2) is 32.0 Å². The maximum absolute atomic E-state index is 12.1. The number of carbonyl (C=O) groups excluding carboxylic acids is 1. The second-order valence-electron chi connectivity index (χ2n) is 5.45.